The van der Waals surface area contributed by atoms with Gasteiger partial charge in [0.2, 0.25) is 5.89 Å². The molecule has 1 atom stereocenters. The second-order valence-corrected chi connectivity index (χ2v) is 5.41. The largest absolute Gasteiger partial charge is 0.497 e. The van der Waals surface area contributed by atoms with Crippen LogP contribution in [0.2, 0.25) is 0 Å². The number of ether oxygens (including phenoxy) is 1. The zero-order chi connectivity index (χ0) is 15.8. The van der Waals surface area contributed by atoms with Crippen molar-refractivity contribution in [2.45, 2.75) is 18.1 Å². The van der Waals surface area contributed by atoms with E-state index in [1.165, 1.54) is 11.8 Å². The van der Waals surface area contributed by atoms with Crippen molar-refractivity contribution >= 4 is 11.8 Å². The molecule has 7 heteroatoms. The second-order valence-electron chi connectivity index (χ2n) is 4.44. The normalized spacial score (nSPS) is 11.4. The van der Waals surface area contributed by atoms with Gasteiger partial charge in [-0.2, -0.15) is 10.5 Å². The molecule has 1 aromatic heterocycles. The molecule has 0 saturated carbocycles. The fourth-order valence-corrected chi connectivity index (χ4v) is 2.54. The maximum absolute atomic E-state index is 9.01. The summed E-state index contributed by atoms with van der Waals surface area (Å²) < 4.78 is 10.7. The minimum Gasteiger partial charge on any atom is -0.497 e. The minimum absolute atomic E-state index is 0.194. The van der Waals surface area contributed by atoms with E-state index in [2.05, 4.69) is 16.3 Å². The summed E-state index contributed by atoms with van der Waals surface area (Å²) in [6, 6.07) is 11.5. The Morgan fingerprint density at radius 2 is 2.05 bits per heavy atom. The van der Waals surface area contributed by atoms with Gasteiger partial charge in [0.25, 0.3) is 5.22 Å². The van der Waals surface area contributed by atoms with Gasteiger partial charge >= 0.3 is 0 Å². The molecule has 0 N–H and O–H groups in total. The molecule has 0 spiro atoms. The molecular formula is C15H14N4O2S. The summed E-state index contributed by atoms with van der Waals surface area (Å²) in [7, 11) is 1.61. The molecule has 0 aliphatic heterocycles. The Hall–Kier alpha value is -2.51. The smallest absolute Gasteiger partial charge is 0.276 e. The van der Waals surface area contributed by atoms with Crippen LogP contribution in [0.3, 0.4) is 0 Å². The molecule has 2 aromatic rings. The van der Waals surface area contributed by atoms with Crippen molar-refractivity contribution in [3.05, 3.63) is 24.3 Å². The van der Waals surface area contributed by atoms with Crippen LogP contribution in [0.4, 0.5) is 0 Å². The van der Waals surface area contributed by atoms with Crippen LogP contribution in [0.1, 0.15) is 12.8 Å². The number of rotatable bonds is 7. The number of methoxy groups -OCH3 is 1. The van der Waals surface area contributed by atoms with Crippen LogP contribution >= 0.6 is 11.8 Å². The number of hydrogen-bond acceptors (Lipinski definition) is 7. The van der Waals surface area contributed by atoms with Gasteiger partial charge in [0.15, 0.2) is 0 Å². The molecule has 0 fully saturated rings. The lowest BCUT2D eigenvalue weighted by Gasteiger charge is -2.02. The van der Waals surface area contributed by atoms with Gasteiger partial charge in [-0.05, 0) is 30.7 Å². The fourth-order valence-electron chi connectivity index (χ4n) is 1.71. The van der Waals surface area contributed by atoms with E-state index in [4.69, 9.17) is 19.7 Å². The van der Waals surface area contributed by atoms with Gasteiger partial charge in [-0.25, -0.2) is 0 Å². The quantitative estimate of drug-likeness (QED) is 0.723. The second kappa shape index (κ2) is 8.06. The van der Waals surface area contributed by atoms with Gasteiger partial charge in [-0.1, -0.05) is 11.8 Å². The first-order valence-corrected chi connectivity index (χ1v) is 7.62. The molecular weight excluding hydrogens is 300 g/mol. The maximum Gasteiger partial charge on any atom is 0.276 e. The van der Waals surface area contributed by atoms with Crippen LogP contribution in [0.5, 0.6) is 5.75 Å². The average molecular weight is 314 g/mol. The highest BCUT2D eigenvalue weighted by atomic mass is 32.2. The predicted molar refractivity (Wildman–Crippen MR) is 81.0 cm³/mol. The Bertz CT molecular complexity index is 685. The first-order chi connectivity index (χ1) is 10.8. The van der Waals surface area contributed by atoms with Crippen molar-refractivity contribution in [1.29, 1.82) is 10.5 Å². The Labute approximate surface area is 132 Å². The van der Waals surface area contributed by atoms with Crippen molar-refractivity contribution in [2.75, 3.05) is 12.9 Å². The molecule has 22 heavy (non-hydrogen) atoms. The fraction of sp³-hybridized carbons (Fsp3) is 0.333. The number of nitriles is 2. The third-order valence-electron chi connectivity index (χ3n) is 2.94. The van der Waals surface area contributed by atoms with Crippen molar-refractivity contribution in [3.8, 4) is 29.3 Å². The Morgan fingerprint density at radius 1 is 1.27 bits per heavy atom. The molecule has 0 aliphatic rings. The highest BCUT2D eigenvalue weighted by molar-refractivity contribution is 7.99. The molecule has 1 heterocycles. The first kappa shape index (κ1) is 15.9. The molecule has 1 aromatic carbocycles. The predicted octanol–water partition coefficient (Wildman–Crippen LogP) is 3.28. The molecule has 0 amide bonds. The third-order valence-corrected chi connectivity index (χ3v) is 3.92. The summed E-state index contributed by atoms with van der Waals surface area (Å²) in [5.74, 6) is 1.52. The molecule has 0 radical (unpaired) electrons. The number of aromatic nitrogens is 2. The van der Waals surface area contributed by atoms with E-state index in [9.17, 15) is 0 Å². The first-order valence-electron chi connectivity index (χ1n) is 6.64. The summed E-state index contributed by atoms with van der Waals surface area (Å²) in [5.41, 5.74) is 0.807. The van der Waals surface area contributed by atoms with Crippen LogP contribution in [0, 0.1) is 28.6 Å². The summed E-state index contributed by atoms with van der Waals surface area (Å²) >= 11 is 1.33. The molecule has 112 valence electrons. The molecule has 2 rings (SSSR count). The molecule has 6 nitrogen and oxygen atoms in total. The summed E-state index contributed by atoms with van der Waals surface area (Å²) in [6.07, 6.45) is 0.930. The van der Waals surface area contributed by atoms with Gasteiger partial charge in [-0.15, -0.1) is 10.2 Å². The van der Waals surface area contributed by atoms with Crippen molar-refractivity contribution < 1.29 is 9.15 Å². The average Bonchev–Trinajstić information content (AvgIpc) is 3.04. The molecule has 0 bridgehead atoms. The number of nitrogens with zero attached hydrogens (tertiary/aromatic N) is 4. The van der Waals surface area contributed by atoms with Gasteiger partial charge in [0, 0.05) is 17.7 Å². The monoisotopic (exact) mass is 314 g/mol. The van der Waals surface area contributed by atoms with Crippen LogP contribution in [0.15, 0.2) is 33.9 Å². The lowest BCUT2D eigenvalue weighted by Crippen LogP contribution is -1.99. The van der Waals surface area contributed by atoms with E-state index in [1.54, 1.807) is 7.11 Å². The van der Waals surface area contributed by atoms with E-state index in [1.807, 2.05) is 30.3 Å². The highest BCUT2D eigenvalue weighted by Gasteiger charge is 2.13. The summed E-state index contributed by atoms with van der Waals surface area (Å²) in [6.45, 7) is 0. The number of thioether (sulfide) groups is 1. The van der Waals surface area contributed by atoms with E-state index in [0.29, 0.717) is 29.7 Å². The Kier molecular flexibility index (Phi) is 5.81. The lowest BCUT2D eigenvalue weighted by molar-refractivity contribution is 0.414. The van der Waals surface area contributed by atoms with E-state index >= 15 is 0 Å². The SMILES string of the molecule is COc1ccc(-c2nnc(SC[C@H](C#N)CCC#N)o2)cc1. The Balaban J connectivity index is 1.96. The summed E-state index contributed by atoms with van der Waals surface area (Å²) in [4.78, 5) is 0. The lowest BCUT2D eigenvalue weighted by atomic mass is 10.1. The van der Waals surface area contributed by atoms with Crippen molar-refractivity contribution in [3.63, 3.8) is 0 Å². The van der Waals surface area contributed by atoms with E-state index < -0.39 is 0 Å². The van der Waals surface area contributed by atoms with Crippen LogP contribution in [-0.4, -0.2) is 23.1 Å². The Morgan fingerprint density at radius 3 is 2.68 bits per heavy atom. The number of benzene rings is 1. The van der Waals surface area contributed by atoms with Crippen LogP contribution < -0.4 is 4.74 Å². The highest BCUT2D eigenvalue weighted by Crippen LogP contribution is 2.26. The van der Waals surface area contributed by atoms with Crippen LogP contribution in [0.25, 0.3) is 11.5 Å². The third kappa shape index (κ3) is 4.24. The molecule has 0 unspecified atom stereocenters. The van der Waals surface area contributed by atoms with E-state index in [-0.39, 0.29) is 5.92 Å². The van der Waals surface area contributed by atoms with Gasteiger partial charge in [0.1, 0.15) is 5.75 Å². The number of hydrogen-bond donors (Lipinski definition) is 0. The van der Waals surface area contributed by atoms with E-state index in [0.717, 1.165) is 11.3 Å². The molecule has 0 saturated heterocycles. The van der Waals surface area contributed by atoms with Gasteiger partial charge in [-0.3, -0.25) is 0 Å². The summed E-state index contributed by atoms with van der Waals surface area (Å²) in [5, 5.41) is 25.9. The van der Waals surface area contributed by atoms with Crippen molar-refractivity contribution in [2.24, 2.45) is 5.92 Å². The topological polar surface area (TPSA) is 95.7 Å². The van der Waals surface area contributed by atoms with Gasteiger partial charge in [0.05, 0.1) is 25.2 Å². The molecule has 0 aliphatic carbocycles. The van der Waals surface area contributed by atoms with Gasteiger partial charge < -0.3 is 9.15 Å². The van der Waals surface area contributed by atoms with Crippen molar-refractivity contribution in [1.82, 2.24) is 10.2 Å². The standard InChI is InChI=1S/C15H14N4O2S/c1-20-13-6-4-12(5-7-13)14-18-19-15(21-14)22-10-11(9-17)3-2-8-16/h4-7,11H,2-3,10H2,1H3/t11-/m0/s1. The van der Waals surface area contributed by atoms with Crippen LogP contribution in [-0.2, 0) is 0 Å². The maximum atomic E-state index is 9.01. The minimum atomic E-state index is -0.194. The zero-order valence-electron chi connectivity index (χ0n) is 12.0. The zero-order valence-corrected chi connectivity index (χ0v) is 12.8.